The van der Waals surface area contributed by atoms with Gasteiger partial charge in [0.05, 0.1) is 11.1 Å². The van der Waals surface area contributed by atoms with Gasteiger partial charge in [-0.15, -0.1) is 0 Å². The molecule has 0 saturated heterocycles. The second-order valence-corrected chi connectivity index (χ2v) is 6.59. The summed E-state index contributed by atoms with van der Waals surface area (Å²) in [4.78, 5) is 29.4. The maximum atomic E-state index is 12.8. The second-order valence-electron chi connectivity index (χ2n) is 6.59. The van der Waals surface area contributed by atoms with Crippen molar-refractivity contribution < 1.29 is 18.7 Å². The summed E-state index contributed by atoms with van der Waals surface area (Å²) < 4.78 is 11.2. The van der Waals surface area contributed by atoms with Gasteiger partial charge < -0.3 is 9.15 Å². The number of furan rings is 1. The molecule has 1 saturated carbocycles. The predicted molar refractivity (Wildman–Crippen MR) is 96.9 cm³/mol. The number of Topliss-reactive ketones (excluding diaryl/α,β-unsaturated/α-hetero) is 1. The van der Waals surface area contributed by atoms with E-state index in [2.05, 4.69) is 4.98 Å². The molecular weight excluding hydrogens is 330 g/mol. The van der Waals surface area contributed by atoms with Gasteiger partial charge in [0.2, 0.25) is 0 Å². The van der Waals surface area contributed by atoms with Crippen LogP contribution in [0, 0.1) is 6.92 Å². The standard InChI is InChI=1S/C21H19NO4/c1-13-10-11-19(25-13)17-12-15(14-6-2-3-7-16(14)22-17)21(24)26-20-9-5-4-8-18(20)23/h2-3,6-7,10-12,20H,4-5,8-9H2,1H3/t20-/m1/s1. The average Bonchev–Trinajstić information content (AvgIpc) is 3.09. The first kappa shape index (κ1) is 16.5. The van der Waals surface area contributed by atoms with Crippen LogP contribution in [0.5, 0.6) is 0 Å². The summed E-state index contributed by atoms with van der Waals surface area (Å²) in [5.74, 6) is 0.876. The molecule has 0 spiro atoms. The summed E-state index contributed by atoms with van der Waals surface area (Å²) in [7, 11) is 0. The number of pyridine rings is 1. The van der Waals surface area contributed by atoms with Crippen LogP contribution in [-0.2, 0) is 9.53 Å². The molecule has 0 unspecified atom stereocenters. The van der Waals surface area contributed by atoms with Crippen molar-refractivity contribution in [2.24, 2.45) is 0 Å². The fraction of sp³-hybridized carbons (Fsp3) is 0.286. The van der Waals surface area contributed by atoms with E-state index in [1.807, 2.05) is 43.3 Å². The van der Waals surface area contributed by atoms with E-state index in [-0.39, 0.29) is 5.78 Å². The van der Waals surface area contributed by atoms with Crippen LogP contribution in [0.1, 0.15) is 41.8 Å². The fourth-order valence-corrected chi connectivity index (χ4v) is 3.31. The SMILES string of the molecule is Cc1ccc(-c2cc(C(=O)O[C@@H]3CCCCC3=O)c3ccccc3n2)o1. The molecule has 1 aliphatic rings. The molecule has 1 aliphatic carbocycles. The summed E-state index contributed by atoms with van der Waals surface area (Å²) in [5, 5.41) is 0.702. The van der Waals surface area contributed by atoms with E-state index < -0.39 is 12.1 Å². The molecule has 5 nitrogen and oxygen atoms in total. The van der Waals surface area contributed by atoms with Crippen LogP contribution in [0.25, 0.3) is 22.4 Å². The van der Waals surface area contributed by atoms with Gasteiger partial charge in [0.25, 0.3) is 0 Å². The van der Waals surface area contributed by atoms with E-state index in [1.165, 1.54) is 0 Å². The van der Waals surface area contributed by atoms with Gasteiger partial charge in [-0.3, -0.25) is 4.79 Å². The summed E-state index contributed by atoms with van der Waals surface area (Å²) in [5.41, 5.74) is 1.65. The van der Waals surface area contributed by atoms with E-state index in [0.717, 1.165) is 18.6 Å². The normalized spacial score (nSPS) is 17.4. The number of aryl methyl sites for hydroxylation is 1. The van der Waals surface area contributed by atoms with Crippen LogP contribution >= 0.6 is 0 Å². The third-order valence-electron chi connectivity index (χ3n) is 4.68. The number of rotatable bonds is 3. The van der Waals surface area contributed by atoms with Gasteiger partial charge in [0, 0.05) is 11.8 Å². The van der Waals surface area contributed by atoms with Gasteiger partial charge in [-0.2, -0.15) is 0 Å². The third kappa shape index (κ3) is 3.12. The van der Waals surface area contributed by atoms with Crippen LogP contribution in [0.2, 0.25) is 0 Å². The van der Waals surface area contributed by atoms with Crippen molar-refractivity contribution >= 4 is 22.7 Å². The summed E-state index contributed by atoms with van der Waals surface area (Å²) in [6, 6.07) is 12.7. The molecule has 132 valence electrons. The van der Waals surface area contributed by atoms with Crippen molar-refractivity contribution in [2.75, 3.05) is 0 Å². The fourth-order valence-electron chi connectivity index (χ4n) is 3.31. The zero-order valence-electron chi connectivity index (χ0n) is 14.5. The number of esters is 1. The quantitative estimate of drug-likeness (QED) is 0.653. The van der Waals surface area contributed by atoms with Crippen LogP contribution in [0.3, 0.4) is 0 Å². The molecule has 0 N–H and O–H groups in total. The molecule has 0 radical (unpaired) electrons. The number of para-hydroxylation sites is 1. The lowest BCUT2D eigenvalue weighted by molar-refractivity contribution is -0.129. The molecule has 1 aromatic carbocycles. The minimum Gasteiger partial charge on any atom is -0.460 e. The first-order valence-electron chi connectivity index (χ1n) is 8.82. The Morgan fingerprint density at radius 1 is 1.19 bits per heavy atom. The van der Waals surface area contributed by atoms with E-state index in [0.29, 0.717) is 40.8 Å². The lowest BCUT2D eigenvalue weighted by atomic mass is 9.96. The van der Waals surface area contributed by atoms with Crippen molar-refractivity contribution in [2.45, 2.75) is 38.7 Å². The first-order valence-corrected chi connectivity index (χ1v) is 8.82. The Balaban J connectivity index is 1.75. The van der Waals surface area contributed by atoms with E-state index >= 15 is 0 Å². The molecule has 0 amide bonds. The highest BCUT2D eigenvalue weighted by atomic mass is 16.5. The van der Waals surface area contributed by atoms with Gasteiger partial charge in [-0.05, 0) is 50.5 Å². The molecule has 4 rings (SSSR count). The average molecular weight is 349 g/mol. The lowest BCUT2D eigenvalue weighted by Crippen LogP contribution is -2.30. The summed E-state index contributed by atoms with van der Waals surface area (Å²) in [6.45, 7) is 1.86. The number of nitrogens with zero attached hydrogens (tertiary/aromatic N) is 1. The highest BCUT2D eigenvalue weighted by Crippen LogP contribution is 2.28. The maximum Gasteiger partial charge on any atom is 0.339 e. The van der Waals surface area contributed by atoms with Crippen molar-refractivity contribution in [1.29, 1.82) is 0 Å². The molecule has 5 heteroatoms. The Bertz CT molecular complexity index is 989. The second kappa shape index (κ2) is 6.75. The molecule has 0 aliphatic heterocycles. The molecule has 1 fully saturated rings. The van der Waals surface area contributed by atoms with Gasteiger partial charge in [0.1, 0.15) is 11.5 Å². The third-order valence-corrected chi connectivity index (χ3v) is 4.68. The smallest absolute Gasteiger partial charge is 0.339 e. The van der Waals surface area contributed by atoms with Crippen LogP contribution < -0.4 is 0 Å². The van der Waals surface area contributed by atoms with Crippen molar-refractivity contribution in [3.05, 3.63) is 53.8 Å². The van der Waals surface area contributed by atoms with Gasteiger partial charge in [-0.1, -0.05) is 18.2 Å². The van der Waals surface area contributed by atoms with Gasteiger partial charge in [0.15, 0.2) is 17.6 Å². The topological polar surface area (TPSA) is 69.4 Å². The first-order chi connectivity index (χ1) is 12.6. The lowest BCUT2D eigenvalue weighted by Gasteiger charge is -2.21. The number of hydrogen-bond acceptors (Lipinski definition) is 5. The van der Waals surface area contributed by atoms with E-state index in [1.54, 1.807) is 6.07 Å². The van der Waals surface area contributed by atoms with Crippen molar-refractivity contribution in [3.8, 4) is 11.5 Å². The Kier molecular flexibility index (Phi) is 4.29. The van der Waals surface area contributed by atoms with Gasteiger partial charge >= 0.3 is 5.97 Å². The van der Waals surface area contributed by atoms with Gasteiger partial charge in [-0.25, -0.2) is 9.78 Å². The Hall–Kier alpha value is -2.95. The van der Waals surface area contributed by atoms with Crippen LogP contribution in [0.15, 0.2) is 46.9 Å². The summed E-state index contributed by atoms with van der Waals surface area (Å²) >= 11 is 0. The zero-order chi connectivity index (χ0) is 18.1. The minimum atomic E-state index is -0.641. The summed E-state index contributed by atoms with van der Waals surface area (Å²) in [6.07, 6.45) is 2.20. The number of fused-ring (bicyclic) bond motifs is 1. The Morgan fingerprint density at radius 2 is 2.04 bits per heavy atom. The molecule has 3 aromatic rings. The maximum absolute atomic E-state index is 12.8. The number of carbonyl (C=O) groups excluding carboxylic acids is 2. The number of aromatic nitrogens is 1. The Morgan fingerprint density at radius 3 is 2.81 bits per heavy atom. The minimum absolute atomic E-state index is 0.00449. The predicted octanol–water partition coefficient (Wildman–Crippen LogP) is 4.47. The Labute approximate surface area is 151 Å². The molecular formula is C21H19NO4. The van der Waals surface area contributed by atoms with E-state index in [9.17, 15) is 9.59 Å². The van der Waals surface area contributed by atoms with Crippen molar-refractivity contribution in [3.63, 3.8) is 0 Å². The largest absolute Gasteiger partial charge is 0.460 e. The molecule has 0 bridgehead atoms. The molecule has 1 atom stereocenters. The van der Waals surface area contributed by atoms with E-state index in [4.69, 9.17) is 9.15 Å². The number of benzene rings is 1. The number of carbonyl (C=O) groups is 2. The molecule has 2 heterocycles. The van der Waals surface area contributed by atoms with Crippen LogP contribution in [-0.4, -0.2) is 22.8 Å². The highest BCUT2D eigenvalue weighted by molar-refractivity contribution is 6.05. The zero-order valence-corrected chi connectivity index (χ0v) is 14.5. The number of ketones is 1. The number of ether oxygens (including phenoxy) is 1. The number of hydrogen-bond donors (Lipinski definition) is 0. The van der Waals surface area contributed by atoms with Crippen molar-refractivity contribution in [1.82, 2.24) is 4.98 Å². The monoisotopic (exact) mass is 349 g/mol. The molecule has 2 aromatic heterocycles. The highest BCUT2D eigenvalue weighted by Gasteiger charge is 2.27. The van der Waals surface area contributed by atoms with Crippen LogP contribution in [0.4, 0.5) is 0 Å². The molecule has 26 heavy (non-hydrogen) atoms.